The van der Waals surface area contributed by atoms with Crippen LogP contribution >= 0.6 is 11.3 Å². The van der Waals surface area contributed by atoms with Crippen LogP contribution < -0.4 is 10.1 Å². The van der Waals surface area contributed by atoms with Crippen molar-refractivity contribution in [3.63, 3.8) is 0 Å². The molecule has 0 aliphatic carbocycles. The predicted octanol–water partition coefficient (Wildman–Crippen LogP) is 1.46. The molecule has 0 saturated heterocycles. The van der Waals surface area contributed by atoms with Crippen LogP contribution in [0.1, 0.15) is 15.2 Å². The van der Waals surface area contributed by atoms with Crippen LogP contribution in [0.15, 0.2) is 42.0 Å². The van der Waals surface area contributed by atoms with Crippen molar-refractivity contribution in [1.82, 2.24) is 25.5 Å². The number of fused-ring (bicyclic) bond motifs is 1. The minimum absolute atomic E-state index is 0.0344. The summed E-state index contributed by atoms with van der Waals surface area (Å²) in [5.41, 5.74) is 1.85. The highest BCUT2D eigenvalue weighted by Crippen LogP contribution is 2.28. The van der Waals surface area contributed by atoms with Gasteiger partial charge in [-0.3, -0.25) is 4.79 Å². The fraction of sp³-hybridized carbons (Fsp3) is 0.200. The van der Waals surface area contributed by atoms with E-state index in [2.05, 4.69) is 20.8 Å². The number of thiophene rings is 1. The number of nitrogens with one attached hydrogen (secondary N) is 1. The summed E-state index contributed by atoms with van der Waals surface area (Å²) in [6, 6.07) is 9.76. The zero-order valence-corrected chi connectivity index (χ0v) is 12.9. The Labute approximate surface area is 135 Å². The lowest BCUT2D eigenvalue weighted by Crippen LogP contribution is -2.34. The number of amides is 1. The number of hydrogen-bond donors (Lipinski definition) is 1. The number of para-hydroxylation sites is 1. The molecule has 0 radical (unpaired) electrons. The van der Waals surface area contributed by atoms with Crippen LogP contribution in [-0.4, -0.2) is 38.8 Å². The van der Waals surface area contributed by atoms with Gasteiger partial charge in [0.2, 0.25) is 0 Å². The maximum Gasteiger partial charge on any atom is 0.263 e. The smallest absolute Gasteiger partial charge is 0.263 e. The molecule has 0 saturated carbocycles. The van der Waals surface area contributed by atoms with Gasteiger partial charge in [-0.25, -0.2) is 0 Å². The number of ether oxygens (including phenoxy) is 1. The topological polar surface area (TPSA) is 81.9 Å². The Bertz CT molecular complexity index is 805. The number of hydrogen-bond acceptors (Lipinski definition) is 6. The minimum Gasteiger partial charge on any atom is -0.488 e. The maximum atomic E-state index is 12.4. The number of aromatic nitrogens is 4. The van der Waals surface area contributed by atoms with Gasteiger partial charge in [-0.2, -0.15) is 4.68 Å². The van der Waals surface area contributed by atoms with E-state index in [1.807, 2.05) is 35.7 Å². The average Bonchev–Trinajstić information content (AvgIpc) is 3.31. The largest absolute Gasteiger partial charge is 0.488 e. The van der Waals surface area contributed by atoms with E-state index in [-0.39, 0.29) is 12.0 Å². The molecule has 1 aromatic carbocycles. The zero-order valence-electron chi connectivity index (χ0n) is 12.0. The lowest BCUT2D eigenvalue weighted by Gasteiger charge is -2.12. The molecule has 0 spiro atoms. The fourth-order valence-corrected chi connectivity index (χ4v) is 3.37. The Morgan fingerprint density at radius 2 is 2.30 bits per heavy atom. The SMILES string of the molecule is O=C(NC[C@@H]1Cc2ccccc2O1)c1sccc1-n1cnnn1. The summed E-state index contributed by atoms with van der Waals surface area (Å²) in [5, 5.41) is 15.8. The van der Waals surface area contributed by atoms with Gasteiger partial charge < -0.3 is 10.1 Å². The zero-order chi connectivity index (χ0) is 15.6. The maximum absolute atomic E-state index is 12.4. The quantitative estimate of drug-likeness (QED) is 0.784. The lowest BCUT2D eigenvalue weighted by molar-refractivity contribution is 0.0937. The van der Waals surface area contributed by atoms with E-state index < -0.39 is 0 Å². The van der Waals surface area contributed by atoms with Gasteiger partial charge in [0.25, 0.3) is 5.91 Å². The van der Waals surface area contributed by atoms with E-state index in [4.69, 9.17) is 4.74 Å². The van der Waals surface area contributed by atoms with E-state index in [1.54, 1.807) is 0 Å². The Morgan fingerprint density at radius 1 is 1.39 bits per heavy atom. The first-order valence-electron chi connectivity index (χ1n) is 7.15. The average molecular weight is 327 g/mol. The van der Waals surface area contributed by atoms with Crippen molar-refractivity contribution >= 4 is 17.2 Å². The third kappa shape index (κ3) is 2.68. The fourth-order valence-electron chi connectivity index (χ4n) is 2.58. The highest BCUT2D eigenvalue weighted by Gasteiger charge is 2.23. The number of tetrazole rings is 1. The molecule has 0 fully saturated rings. The molecule has 3 heterocycles. The van der Waals surface area contributed by atoms with Gasteiger partial charge >= 0.3 is 0 Å². The number of nitrogens with zero attached hydrogens (tertiary/aromatic N) is 4. The van der Waals surface area contributed by atoms with Gasteiger partial charge in [-0.15, -0.1) is 16.4 Å². The van der Waals surface area contributed by atoms with E-state index in [0.717, 1.165) is 12.2 Å². The Hall–Kier alpha value is -2.74. The first-order valence-corrected chi connectivity index (χ1v) is 8.03. The molecule has 4 rings (SSSR count). The van der Waals surface area contributed by atoms with Crippen LogP contribution in [0.3, 0.4) is 0 Å². The lowest BCUT2D eigenvalue weighted by atomic mass is 10.1. The van der Waals surface area contributed by atoms with Crippen molar-refractivity contribution < 1.29 is 9.53 Å². The molecule has 0 unspecified atom stereocenters. The third-order valence-electron chi connectivity index (χ3n) is 3.65. The molecule has 8 heteroatoms. The van der Waals surface area contributed by atoms with Gasteiger partial charge in [-0.05, 0) is 33.5 Å². The molecule has 23 heavy (non-hydrogen) atoms. The summed E-state index contributed by atoms with van der Waals surface area (Å²) in [5.74, 6) is 0.752. The van der Waals surface area contributed by atoms with Gasteiger partial charge in [-0.1, -0.05) is 18.2 Å². The summed E-state index contributed by atoms with van der Waals surface area (Å²) in [7, 11) is 0. The second-order valence-electron chi connectivity index (χ2n) is 5.15. The Morgan fingerprint density at radius 3 is 3.13 bits per heavy atom. The van der Waals surface area contributed by atoms with E-state index >= 15 is 0 Å². The van der Waals surface area contributed by atoms with Crippen molar-refractivity contribution in [3.8, 4) is 11.4 Å². The third-order valence-corrected chi connectivity index (χ3v) is 4.55. The normalized spacial score (nSPS) is 15.9. The highest BCUT2D eigenvalue weighted by atomic mass is 32.1. The van der Waals surface area contributed by atoms with Crippen LogP contribution in [0.25, 0.3) is 5.69 Å². The first-order chi connectivity index (χ1) is 11.3. The molecule has 3 aromatic rings. The number of carbonyl (C=O) groups excluding carboxylic acids is 1. The van der Waals surface area contributed by atoms with Crippen LogP contribution in [0, 0.1) is 0 Å². The van der Waals surface area contributed by atoms with E-state index in [1.165, 1.54) is 27.9 Å². The van der Waals surface area contributed by atoms with Crippen LogP contribution in [0.5, 0.6) is 5.75 Å². The van der Waals surface area contributed by atoms with Gasteiger partial charge in [0.1, 0.15) is 23.1 Å². The molecular formula is C15H13N5O2S. The van der Waals surface area contributed by atoms with Crippen LogP contribution in [0.4, 0.5) is 0 Å². The monoisotopic (exact) mass is 327 g/mol. The number of benzene rings is 1. The van der Waals surface area contributed by atoms with Crippen LogP contribution in [0.2, 0.25) is 0 Å². The van der Waals surface area contributed by atoms with Crippen LogP contribution in [-0.2, 0) is 6.42 Å². The highest BCUT2D eigenvalue weighted by molar-refractivity contribution is 7.12. The standard InChI is InChI=1S/C15H13N5O2S/c21-15(14-12(5-6-23-14)20-9-17-18-19-20)16-8-11-7-10-3-1-2-4-13(10)22-11/h1-6,9,11H,7-8H2,(H,16,21)/t11-/m0/s1. The predicted molar refractivity (Wildman–Crippen MR) is 83.9 cm³/mol. The molecule has 7 nitrogen and oxygen atoms in total. The van der Waals surface area contributed by atoms with E-state index in [9.17, 15) is 4.79 Å². The molecule has 2 aromatic heterocycles. The summed E-state index contributed by atoms with van der Waals surface area (Å²) in [4.78, 5) is 13.0. The summed E-state index contributed by atoms with van der Waals surface area (Å²) in [6.45, 7) is 0.459. The van der Waals surface area contributed by atoms with Crippen molar-refractivity contribution in [2.45, 2.75) is 12.5 Å². The molecule has 1 aliphatic rings. The number of carbonyl (C=O) groups is 1. The molecule has 0 bridgehead atoms. The second kappa shape index (κ2) is 5.81. The second-order valence-corrected chi connectivity index (χ2v) is 6.07. The van der Waals surface area contributed by atoms with Crippen molar-refractivity contribution in [2.24, 2.45) is 0 Å². The molecular weight excluding hydrogens is 314 g/mol. The molecule has 116 valence electrons. The van der Waals surface area contributed by atoms with Gasteiger partial charge in [0.15, 0.2) is 0 Å². The van der Waals surface area contributed by atoms with Crippen molar-refractivity contribution in [2.75, 3.05) is 6.54 Å². The Kier molecular flexibility index (Phi) is 3.51. The Balaban J connectivity index is 1.41. The summed E-state index contributed by atoms with van der Waals surface area (Å²) >= 11 is 1.36. The molecule has 1 aliphatic heterocycles. The summed E-state index contributed by atoms with van der Waals surface area (Å²) in [6.07, 6.45) is 2.24. The van der Waals surface area contributed by atoms with Crippen molar-refractivity contribution in [1.29, 1.82) is 0 Å². The summed E-state index contributed by atoms with van der Waals surface area (Å²) < 4.78 is 7.31. The van der Waals surface area contributed by atoms with E-state index in [0.29, 0.717) is 17.1 Å². The molecule has 1 amide bonds. The molecule has 1 N–H and O–H groups in total. The van der Waals surface area contributed by atoms with Gasteiger partial charge in [0, 0.05) is 6.42 Å². The molecule has 1 atom stereocenters. The first kappa shape index (κ1) is 13.9. The van der Waals surface area contributed by atoms with Gasteiger partial charge in [0.05, 0.1) is 12.2 Å². The van der Waals surface area contributed by atoms with Crippen molar-refractivity contribution in [3.05, 3.63) is 52.5 Å². The number of rotatable bonds is 4. The minimum atomic E-state index is -0.148.